The van der Waals surface area contributed by atoms with E-state index in [0.717, 1.165) is 54.0 Å². The van der Waals surface area contributed by atoms with Crippen molar-refractivity contribution in [2.24, 2.45) is 0 Å². The summed E-state index contributed by atoms with van der Waals surface area (Å²) in [5, 5.41) is 13.1. The standard InChI is InChI=1S/C25H24N2O2.C2H6/c28-23-11-5-4-10-22(23)27-14-12-20-21(25(27)29)16-18(15-17-7-2-1-3-8-17)19-9-6-13-26-24(19)20;1-2/h1-3,6-9,12-14,16,22-23,28H,4-5,10-11,15H2;1-2H3/t22-,23-;/m0./s1. The molecule has 31 heavy (non-hydrogen) atoms. The Labute approximate surface area is 183 Å². The minimum Gasteiger partial charge on any atom is -0.391 e. The van der Waals surface area contributed by atoms with Crippen molar-refractivity contribution in [2.75, 3.05) is 0 Å². The third-order valence-electron chi connectivity index (χ3n) is 6.17. The van der Waals surface area contributed by atoms with Gasteiger partial charge in [0.15, 0.2) is 0 Å². The maximum atomic E-state index is 13.4. The average molecular weight is 415 g/mol. The van der Waals surface area contributed by atoms with Crippen LogP contribution in [0.25, 0.3) is 21.7 Å². The predicted molar refractivity (Wildman–Crippen MR) is 128 cm³/mol. The molecule has 0 aliphatic heterocycles. The highest BCUT2D eigenvalue weighted by molar-refractivity contribution is 6.06. The van der Waals surface area contributed by atoms with E-state index in [1.165, 1.54) is 5.56 Å². The van der Waals surface area contributed by atoms with Crippen LogP contribution in [0.2, 0.25) is 0 Å². The molecule has 1 aliphatic carbocycles. The molecule has 160 valence electrons. The Kier molecular flexibility index (Phi) is 6.47. The summed E-state index contributed by atoms with van der Waals surface area (Å²) in [4.78, 5) is 18.1. The van der Waals surface area contributed by atoms with Gasteiger partial charge in [0.1, 0.15) is 0 Å². The fourth-order valence-corrected chi connectivity index (χ4v) is 4.68. The number of hydrogen-bond donors (Lipinski definition) is 1. The highest BCUT2D eigenvalue weighted by Gasteiger charge is 2.26. The fourth-order valence-electron chi connectivity index (χ4n) is 4.68. The highest BCUT2D eigenvalue weighted by atomic mass is 16.3. The van der Waals surface area contributed by atoms with Crippen molar-refractivity contribution in [3.63, 3.8) is 0 Å². The van der Waals surface area contributed by atoms with E-state index in [1.807, 2.05) is 56.4 Å². The lowest BCUT2D eigenvalue weighted by Crippen LogP contribution is -2.34. The van der Waals surface area contributed by atoms with Crippen molar-refractivity contribution in [1.29, 1.82) is 0 Å². The van der Waals surface area contributed by atoms with Gasteiger partial charge in [-0.25, -0.2) is 0 Å². The lowest BCUT2D eigenvalue weighted by atomic mass is 9.92. The van der Waals surface area contributed by atoms with E-state index in [0.29, 0.717) is 5.39 Å². The minimum absolute atomic E-state index is 0.0321. The number of benzene rings is 2. The van der Waals surface area contributed by atoms with Crippen LogP contribution >= 0.6 is 0 Å². The van der Waals surface area contributed by atoms with Crippen molar-refractivity contribution >= 4 is 21.7 Å². The summed E-state index contributed by atoms with van der Waals surface area (Å²) in [6.07, 6.45) is 7.59. The molecule has 0 spiro atoms. The average Bonchev–Trinajstić information content (AvgIpc) is 2.82. The zero-order chi connectivity index (χ0) is 21.8. The van der Waals surface area contributed by atoms with Crippen LogP contribution in [-0.2, 0) is 6.42 Å². The van der Waals surface area contributed by atoms with E-state index in [2.05, 4.69) is 23.2 Å². The first-order chi connectivity index (χ1) is 15.2. The summed E-state index contributed by atoms with van der Waals surface area (Å²) >= 11 is 0. The molecule has 0 saturated heterocycles. The predicted octanol–water partition coefficient (Wildman–Crippen LogP) is 5.64. The summed E-state index contributed by atoms with van der Waals surface area (Å²) < 4.78 is 1.74. The molecule has 0 bridgehead atoms. The highest BCUT2D eigenvalue weighted by Crippen LogP contribution is 2.30. The van der Waals surface area contributed by atoms with Crippen LogP contribution in [0.15, 0.2) is 71.8 Å². The number of rotatable bonds is 3. The molecule has 2 aromatic carbocycles. The second kappa shape index (κ2) is 9.44. The van der Waals surface area contributed by atoms with Gasteiger partial charge in [-0.3, -0.25) is 9.78 Å². The van der Waals surface area contributed by atoms with Crippen LogP contribution in [0.3, 0.4) is 0 Å². The number of hydrogen-bond acceptors (Lipinski definition) is 3. The number of pyridine rings is 2. The lowest BCUT2D eigenvalue weighted by molar-refractivity contribution is 0.0740. The van der Waals surface area contributed by atoms with Crippen molar-refractivity contribution in [2.45, 2.75) is 58.1 Å². The summed E-state index contributed by atoms with van der Waals surface area (Å²) in [6, 6.07) is 18.2. The Balaban J connectivity index is 0.00000112. The maximum Gasteiger partial charge on any atom is 0.258 e. The number of aliphatic hydroxyl groups is 1. The Morgan fingerprint density at radius 2 is 1.74 bits per heavy atom. The first-order valence-electron chi connectivity index (χ1n) is 11.4. The Hall–Kier alpha value is -2.98. The lowest BCUT2D eigenvalue weighted by Gasteiger charge is -2.29. The smallest absolute Gasteiger partial charge is 0.258 e. The van der Waals surface area contributed by atoms with Crippen molar-refractivity contribution in [3.05, 3.63) is 88.5 Å². The van der Waals surface area contributed by atoms with Crippen molar-refractivity contribution < 1.29 is 5.11 Å². The number of nitrogens with zero attached hydrogens (tertiary/aromatic N) is 2. The second-order valence-corrected chi connectivity index (χ2v) is 8.01. The second-order valence-electron chi connectivity index (χ2n) is 8.01. The van der Waals surface area contributed by atoms with E-state index >= 15 is 0 Å². The van der Waals surface area contributed by atoms with Crippen LogP contribution in [0.4, 0.5) is 0 Å². The monoisotopic (exact) mass is 414 g/mol. The van der Waals surface area contributed by atoms with Gasteiger partial charge in [-0.15, -0.1) is 0 Å². The molecule has 0 radical (unpaired) electrons. The van der Waals surface area contributed by atoms with Gasteiger partial charge in [-0.2, -0.15) is 0 Å². The summed E-state index contributed by atoms with van der Waals surface area (Å²) in [6.45, 7) is 4.00. The molecule has 1 N–H and O–H groups in total. The molecule has 0 unspecified atom stereocenters. The van der Waals surface area contributed by atoms with Crippen LogP contribution in [-0.4, -0.2) is 20.8 Å². The van der Waals surface area contributed by atoms with Gasteiger partial charge in [0.05, 0.1) is 17.7 Å². The van der Waals surface area contributed by atoms with E-state index < -0.39 is 6.10 Å². The third-order valence-corrected chi connectivity index (χ3v) is 6.17. The van der Waals surface area contributed by atoms with Crippen LogP contribution in [0, 0.1) is 0 Å². The zero-order valence-corrected chi connectivity index (χ0v) is 18.3. The fraction of sp³-hybridized carbons (Fsp3) is 0.333. The molecule has 2 atom stereocenters. The van der Waals surface area contributed by atoms with Crippen molar-refractivity contribution in [3.8, 4) is 0 Å². The molecule has 2 heterocycles. The SMILES string of the molecule is CC.O=c1c2cc(Cc3ccccc3)c3cccnc3c2ccn1[C@H]1CCCC[C@@H]1O. The summed E-state index contributed by atoms with van der Waals surface area (Å²) in [5.41, 5.74) is 3.14. The van der Waals surface area contributed by atoms with Gasteiger partial charge in [0.25, 0.3) is 5.56 Å². The normalized spacial score (nSPS) is 18.5. The number of aliphatic hydroxyl groups excluding tert-OH is 1. The van der Waals surface area contributed by atoms with Crippen LogP contribution in [0.5, 0.6) is 0 Å². The quantitative estimate of drug-likeness (QED) is 0.441. The first kappa shape index (κ1) is 21.3. The summed E-state index contributed by atoms with van der Waals surface area (Å²) in [5.74, 6) is 0. The summed E-state index contributed by atoms with van der Waals surface area (Å²) in [7, 11) is 0. The Morgan fingerprint density at radius 1 is 0.968 bits per heavy atom. The molecular formula is C27H30N2O2. The molecule has 4 heteroatoms. The molecule has 1 fully saturated rings. The van der Waals surface area contributed by atoms with Crippen LogP contribution < -0.4 is 5.56 Å². The maximum absolute atomic E-state index is 13.4. The number of fused-ring (bicyclic) bond motifs is 3. The topological polar surface area (TPSA) is 55.1 Å². The minimum atomic E-state index is -0.457. The first-order valence-corrected chi connectivity index (χ1v) is 11.4. The van der Waals surface area contributed by atoms with Gasteiger partial charge in [-0.05, 0) is 48.6 Å². The van der Waals surface area contributed by atoms with Crippen LogP contribution in [0.1, 0.15) is 56.7 Å². The third kappa shape index (κ3) is 4.13. The van der Waals surface area contributed by atoms with Gasteiger partial charge in [0, 0.05) is 28.6 Å². The van der Waals surface area contributed by atoms with Gasteiger partial charge >= 0.3 is 0 Å². The molecule has 1 saturated carbocycles. The molecule has 4 aromatic rings. The van der Waals surface area contributed by atoms with E-state index in [-0.39, 0.29) is 11.6 Å². The zero-order valence-electron chi connectivity index (χ0n) is 18.3. The van der Waals surface area contributed by atoms with Crippen molar-refractivity contribution in [1.82, 2.24) is 9.55 Å². The van der Waals surface area contributed by atoms with E-state index in [9.17, 15) is 9.90 Å². The number of aromatic nitrogens is 2. The largest absolute Gasteiger partial charge is 0.391 e. The van der Waals surface area contributed by atoms with E-state index in [4.69, 9.17) is 0 Å². The van der Waals surface area contributed by atoms with Gasteiger partial charge in [-0.1, -0.05) is 63.1 Å². The molecule has 1 aliphatic rings. The molecule has 5 rings (SSSR count). The Bertz CT molecular complexity index is 1230. The molecule has 2 aromatic heterocycles. The van der Waals surface area contributed by atoms with Gasteiger partial charge < -0.3 is 9.67 Å². The molecule has 4 nitrogen and oxygen atoms in total. The molecule has 0 amide bonds. The Morgan fingerprint density at radius 3 is 2.52 bits per heavy atom. The van der Waals surface area contributed by atoms with E-state index in [1.54, 1.807) is 10.8 Å². The van der Waals surface area contributed by atoms with Gasteiger partial charge in [0.2, 0.25) is 0 Å². The molecular weight excluding hydrogens is 384 g/mol.